The zero-order valence-corrected chi connectivity index (χ0v) is 27.6. The van der Waals surface area contributed by atoms with Crippen molar-refractivity contribution in [1.29, 1.82) is 0 Å². The summed E-state index contributed by atoms with van der Waals surface area (Å²) >= 11 is 0. The van der Waals surface area contributed by atoms with Crippen molar-refractivity contribution in [3.8, 4) is 0 Å². The summed E-state index contributed by atoms with van der Waals surface area (Å²) < 4.78 is 5.44. The summed E-state index contributed by atoms with van der Waals surface area (Å²) in [5.74, 6) is 0.457. The summed E-state index contributed by atoms with van der Waals surface area (Å²) in [4.78, 5) is 36.3. The van der Waals surface area contributed by atoms with Crippen LogP contribution in [-0.4, -0.2) is 39.6 Å². The molecule has 1 spiro atoms. The lowest BCUT2D eigenvalue weighted by Gasteiger charge is -2.51. The van der Waals surface area contributed by atoms with E-state index in [0.29, 0.717) is 17.9 Å². The Bertz CT molecular complexity index is 1270. The minimum Gasteiger partial charge on any atom is -0.459 e. The van der Waals surface area contributed by atoms with E-state index in [-0.39, 0.29) is 47.0 Å². The highest BCUT2D eigenvalue weighted by Crippen LogP contribution is 2.56. The van der Waals surface area contributed by atoms with E-state index in [1.165, 1.54) is 0 Å². The van der Waals surface area contributed by atoms with Gasteiger partial charge in [0.25, 0.3) is 0 Å². The van der Waals surface area contributed by atoms with Gasteiger partial charge in [0.15, 0.2) is 0 Å². The van der Waals surface area contributed by atoms with Crippen LogP contribution in [0.3, 0.4) is 0 Å². The fourth-order valence-electron chi connectivity index (χ4n) is 7.47. The number of fused-ring (bicyclic) bond motifs is 2. The first-order valence-corrected chi connectivity index (χ1v) is 16.3. The van der Waals surface area contributed by atoms with Crippen molar-refractivity contribution >= 4 is 11.9 Å². The highest BCUT2D eigenvalue weighted by atomic mass is 16.7. The molecule has 6 nitrogen and oxygen atoms in total. The van der Waals surface area contributed by atoms with E-state index in [2.05, 4.69) is 63.6 Å². The second-order valence-electron chi connectivity index (χ2n) is 15.6. The van der Waals surface area contributed by atoms with Crippen molar-refractivity contribution in [3.05, 3.63) is 71.3 Å². The number of esters is 1. The summed E-state index contributed by atoms with van der Waals surface area (Å²) in [6.07, 6.45) is 6.08. The summed E-state index contributed by atoms with van der Waals surface area (Å²) in [6, 6.07) is 17.7. The molecular formula is C37H52N2O4. The number of hydrogen-bond acceptors (Lipinski definition) is 5. The van der Waals surface area contributed by atoms with Gasteiger partial charge in [0.05, 0.1) is 17.7 Å². The molecular weight excluding hydrogens is 536 g/mol. The number of hydroxylamine groups is 2. The normalized spacial score (nSPS) is 27.1. The first kappa shape index (κ1) is 31.7. The molecule has 3 aliphatic rings. The minimum atomic E-state index is -0.495. The molecule has 0 N–H and O–H groups in total. The molecule has 6 heteroatoms. The van der Waals surface area contributed by atoms with Crippen LogP contribution in [0.15, 0.2) is 54.6 Å². The number of hydrogen-bond donors (Lipinski definition) is 0. The van der Waals surface area contributed by atoms with E-state index >= 15 is 0 Å². The lowest BCUT2D eigenvalue weighted by molar-refractivity contribution is -0.252. The fraction of sp³-hybridized carbons (Fsp3) is 0.622. The van der Waals surface area contributed by atoms with Gasteiger partial charge in [-0.2, -0.15) is 5.06 Å². The number of benzene rings is 2. The predicted octanol–water partition coefficient (Wildman–Crippen LogP) is 8.64. The van der Waals surface area contributed by atoms with Crippen molar-refractivity contribution in [3.63, 3.8) is 0 Å². The van der Waals surface area contributed by atoms with Gasteiger partial charge in [0, 0.05) is 6.42 Å². The van der Waals surface area contributed by atoms with Gasteiger partial charge in [-0.3, -0.25) is 9.63 Å². The van der Waals surface area contributed by atoms with Crippen LogP contribution >= 0.6 is 0 Å². The molecule has 0 bridgehead atoms. The fourth-order valence-corrected chi connectivity index (χ4v) is 7.47. The molecule has 3 fully saturated rings. The monoisotopic (exact) mass is 588 g/mol. The zero-order chi connectivity index (χ0) is 31.2. The highest BCUT2D eigenvalue weighted by molar-refractivity contribution is 5.89. The summed E-state index contributed by atoms with van der Waals surface area (Å²) in [5, 5.41) is 2.13. The van der Waals surface area contributed by atoms with Gasteiger partial charge in [-0.1, -0.05) is 84.0 Å². The van der Waals surface area contributed by atoms with Crippen LogP contribution < -0.4 is 0 Å². The second kappa shape index (κ2) is 12.0. The Morgan fingerprint density at radius 2 is 1.60 bits per heavy atom. The minimum absolute atomic E-state index is 0.113. The smallest absolute Gasteiger partial charge is 0.338 e. The van der Waals surface area contributed by atoms with Gasteiger partial charge >= 0.3 is 5.97 Å². The van der Waals surface area contributed by atoms with Crippen molar-refractivity contribution in [2.24, 2.45) is 16.7 Å². The zero-order valence-electron chi connectivity index (χ0n) is 27.6. The average Bonchev–Trinajstić information content (AvgIpc) is 3.48. The summed E-state index contributed by atoms with van der Waals surface area (Å²) in [5.41, 5.74) is 2.57. The maximum Gasteiger partial charge on any atom is 0.338 e. The van der Waals surface area contributed by atoms with Crippen molar-refractivity contribution in [1.82, 2.24) is 9.96 Å². The number of carbonyl (C=O) groups excluding carboxylic acids is 2. The maximum atomic E-state index is 14.7. The van der Waals surface area contributed by atoms with Gasteiger partial charge in [-0.25, -0.2) is 4.79 Å². The third-order valence-electron chi connectivity index (χ3n) is 9.88. The Morgan fingerprint density at radius 3 is 2.16 bits per heavy atom. The van der Waals surface area contributed by atoms with Crippen LogP contribution in [0, 0.1) is 16.7 Å². The lowest BCUT2D eigenvalue weighted by atomic mass is 9.69. The standard InChI is InChI=1S/C37H52N2O4/c1-25(2)42-34(41)28-16-14-26(15-17-28)30(20-21-35(3,4)5)38-33(40)31-24-32(27-12-10-9-11-13-27)43-39(31)37(38)22-18-29(19-23-37)36(6,7)8/h9-17,25,29-32H,18-24H2,1-8H3/t29?,30-,31?,32+,37?/m1/s1. The summed E-state index contributed by atoms with van der Waals surface area (Å²) in [6.45, 7) is 17.5. The van der Waals surface area contributed by atoms with Crippen LogP contribution in [0.4, 0.5) is 0 Å². The van der Waals surface area contributed by atoms with Gasteiger partial charge in [-0.15, -0.1) is 0 Å². The summed E-state index contributed by atoms with van der Waals surface area (Å²) in [7, 11) is 0. The molecule has 43 heavy (non-hydrogen) atoms. The molecule has 0 aromatic heterocycles. The van der Waals surface area contributed by atoms with Gasteiger partial charge in [0.1, 0.15) is 17.8 Å². The van der Waals surface area contributed by atoms with Gasteiger partial charge < -0.3 is 9.64 Å². The third-order valence-corrected chi connectivity index (χ3v) is 9.88. The SMILES string of the molecule is CC(C)OC(=O)c1ccc([C@@H](CCC(C)(C)C)N2C(=O)C3C[C@@H](c4ccccc4)ON3C23CCC(C(C)(C)C)CC3)cc1. The van der Waals surface area contributed by atoms with E-state index in [4.69, 9.17) is 9.57 Å². The molecule has 5 rings (SSSR count). The van der Waals surface area contributed by atoms with Gasteiger partial charge in [-0.05, 0) is 92.4 Å². The third kappa shape index (κ3) is 6.56. The van der Waals surface area contributed by atoms with Crippen LogP contribution in [0.2, 0.25) is 0 Å². The Hall–Kier alpha value is -2.70. The van der Waals surface area contributed by atoms with E-state index in [9.17, 15) is 9.59 Å². The molecule has 2 heterocycles. The van der Waals surface area contributed by atoms with Crippen LogP contribution in [0.25, 0.3) is 0 Å². The molecule has 3 atom stereocenters. The van der Waals surface area contributed by atoms with E-state index in [0.717, 1.165) is 49.7 Å². The molecule has 2 aliphatic heterocycles. The van der Waals surface area contributed by atoms with E-state index in [1.807, 2.05) is 56.3 Å². The number of ether oxygens (including phenoxy) is 1. The quantitative estimate of drug-likeness (QED) is 0.303. The average molecular weight is 589 g/mol. The van der Waals surface area contributed by atoms with E-state index in [1.54, 1.807) is 0 Å². The molecule has 1 aliphatic carbocycles. The predicted molar refractivity (Wildman–Crippen MR) is 170 cm³/mol. The second-order valence-corrected chi connectivity index (χ2v) is 15.6. The first-order chi connectivity index (χ1) is 20.2. The van der Waals surface area contributed by atoms with E-state index < -0.39 is 5.66 Å². The molecule has 2 aromatic rings. The molecule has 1 amide bonds. The number of carbonyl (C=O) groups is 2. The number of rotatable bonds is 7. The Labute approximate surface area is 259 Å². The Balaban J connectivity index is 1.52. The van der Waals surface area contributed by atoms with Crippen molar-refractivity contribution in [2.45, 2.75) is 130 Å². The van der Waals surface area contributed by atoms with Crippen molar-refractivity contribution in [2.75, 3.05) is 0 Å². The lowest BCUT2D eigenvalue weighted by Crippen LogP contribution is -2.57. The highest BCUT2D eigenvalue weighted by Gasteiger charge is 2.64. The first-order valence-electron chi connectivity index (χ1n) is 16.3. The molecule has 1 saturated carbocycles. The molecule has 1 unspecified atom stereocenters. The topological polar surface area (TPSA) is 59.1 Å². The molecule has 234 valence electrons. The number of nitrogens with zero attached hydrogens (tertiary/aromatic N) is 2. The molecule has 2 aromatic carbocycles. The van der Waals surface area contributed by atoms with Crippen LogP contribution in [0.5, 0.6) is 0 Å². The van der Waals surface area contributed by atoms with Crippen molar-refractivity contribution < 1.29 is 19.2 Å². The number of amides is 1. The Kier molecular flexibility index (Phi) is 8.85. The van der Waals surface area contributed by atoms with Gasteiger partial charge in [0.2, 0.25) is 5.91 Å². The molecule has 2 saturated heterocycles. The Morgan fingerprint density at radius 1 is 0.977 bits per heavy atom. The van der Waals surface area contributed by atoms with Crippen LogP contribution in [0.1, 0.15) is 134 Å². The van der Waals surface area contributed by atoms with Crippen LogP contribution in [-0.2, 0) is 14.4 Å². The molecule has 0 radical (unpaired) electrons. The largest absolute Gasteiger partial charge is 0.459 e. The maximum absolute atomic E-state index is 14.7.